The van der Waals surface area contributed by atoms with Gasteiger partial charge in [0.05, 0.1) is 0 Å². The van der Waals surface area contributed by atoms with Gasteiger partial charge in [-0.15, -0.1) is 0 Å². The van der Waals surface area contributed by atoms with Gasteiger partial charge in [-0.05, 0) is 110 Å². The van der Waals surface area contributed by atoms with Crippen LogP contribution in [0.2, 0.25) is 0 Å². The van der Waals surface area contributed by atoms with Crippen LogP contribution in [-0.4, -0.2) is 0 Å². The molecule has 0 bridgehead atoms. The largest absolute Gasteiger partial charge is 0.0628 e. The van der Waals surface area contributed by atoms with Crippen molar-refractivity contribution in [1.29, 1.82) is 0 Å². The van der Waals surface area contributed by atoms with E-state index < -0.39 is 0 Å². The lowest BCUT2D eigenvalue weighted by Gasteiger charge is -2.61. The highest BCUT2D eigenvalue weighted by Gasteiger charge is 2.60. The first-order valence-corrected chi connectivity index (χ1v) is 13.3. The van der Waals surface area contributed by atoms with Crippen LogP contribution >= 0.6 is 0 Å². The number of rotatable bonds is 5. The Bertz CT molecular complexity index is 534. The van der Waals surface area contributed by atoms with Crippen molar-refractivity contribution in [2.24, 2.45) is 58.2 Å². The van der Waals surface area contributed by atoms with Crippen LogP contribution in [0.25, 0.3) is 0 Å². The Morgan fingerprint density at radius 3 is 2.25 bits per heavy atom. The molecule has 0 saturated heterocycles. The third-order valence-corrected chi connectivity index (χ3v) is 11.1. The summed E-state index contributed by atoms with van der Waals surface area (Å²) >= 11 is 0. The van der Waals surface area contributed by atoms with Gasteiger partial charge in [-0.2, -0.15) is 0 Å². The van der Waals surface area contributed by atoms with Crippen LogP contribution in [0, 0.1) is 58.2 Å². The fourth-order valence-corrected chi connectivity index (χ4v) is 9.50. The van der Waals surface area contributed by atoms with Gasteiger partial charge in [0.15, 0.2) is 0 Å². The summed E-state index contributed by atoms with van der Waals surface area (Å²) in [4.78, 5) is 0. The lowest BCUT2D eigenvalue weighted by molar-refractivity contribution is -0.120. The highest BCUT2D eigenvalue weighted by Crippen LogP contribution is 2.68. The molecule has 4 unspecified atom stereocenters. The molecular weight excluding hydrogens is 336 g/mol. The molecule has 9 atom stereocenters. The van der Waals surface area contributed by atoms with Gasteiger partial charge in [-0.25, -0.2) is 0 Å². The molecule has 0 aliphatic heterocycles. The first kappa shape index (κ1) is 21.2. The fraction of sp³-hybridized carbons (Fsp3) is 1.00. The molecule has 0 aromatic carbocycles. The molecule has 0 heterocycles. The topological polar surface area (TPSA) is 0 Å². The third kappa shape index (κ3) is 3.51. The molecule has 0 aromatic heterocycles. The molecule has 0 aromatic rings. The maximum absolute atomic E-state index is 2.75. The second kappa shape index (κ2) is 7.92. The van der Waals surface area contributed by atoms with Crippen molar-refractivity contribution in [2.45, 2.75) is 119 Å². The lowest BCUT2D eigenvalue weighted by atomic mass is 9.44. The van der Waals surface area contributed by atoms with E-state index in [9.17, 15) is 0 Å². The monoisotopic (exact) mass is 386 g/mol. The lowest BCUT2D eigenvalue weighted by Crippen LogP contribution is -2.53. The maximum atomic E-state index is 2.75. The Hall–Kier alpha value is 0. The zero-order valence-electron chi connectivity index (χ0n) is 20.1. The van der Waals surface area contributed by atoms with Crippen molar-refractivity contribution >= 4 is 0 Å². The predicted octanol–water partition coefficient (Wildman–Crippen LogP) is 8.74. The summed E-state index contributed by atoms with van der Waals surface area (Å²) < 4.78 is 0. The SMILES string of the molecule is CC(C)CCC[C@@H](C)C1CCC2[C@@H]3CCC4C[C@@H](C)CC[C@]4(C)C3CC[C@@]21C. The zero-order valence-corrected chi connectivity index (χ0v) is 20.1. The van der Waals surface area contributed by atoms with E-state index in [2.05, 4.69) is 41.5 Å². The standard InChI is InChI=1S/C28H50/c1-19(2)8-7-9-21(4)24-12-13-25-23-11-10-22-18-20(3)14-16-27(22,5)26(23)15-17-28(24,25)6/h19-26H,7-18H2,1-6H3/t20-,21+,22?,23-,24?,25?,26?,27-,28+/m0/s1. The normalized spacial score (nSPS) is 49.4. The van der Waals surface area contributed by atoms with E-state index in [1.54, 1.807) is 44.9 Å². The van der Waals surface area contributed by atoms with Gasteiger partial charge in [0.2, 0.25) is 0 Å². The average Bonchev–Trinajstić information content (AvgIpc) is 2.99. The summed E-state index contributed by atoms with van der Waals surface area (Å²) in [6, 6.07) is 0. The van der Waals surface area contributed by atoms with Crippen LogP contribution in [0.5, 0.6) is 0 Å². The second-order valence-electron chi connectivity index (χ2n) is 13.1. The van der Waals surface area contributed by atoms with Crippen LogP contribution < -0.4 is 0 Å². The summed E-state index contributed by atoms with van der Waals surface area (Å²) in [6.45, 7) is 15.4. The molecule has 4 saturated carbocycles. The predicted molar refractivity (Wildman–Crippen MR) is 122 cm³/mol. The van der Waals surface area contributed by atoms with Crippen molar-refractivity contribution in [3.05, 3.63) is 0 Å². The molecule has 4 aliphatic carbocycles. The summed E-state index contributed by atoms with van der Waals surface area (Å²) in [6.07, 6.45) is 18.3. The quantitative estimate of drug-likeness (QED) is 0.443. The first-order chi connectivity index (χ1) is 13.3. The van der Waals surface area contributed by atoms with E-state index in [1.165, 1.54) is 32.1 Å². The van der Waals surface area contributed by atoms with Crippen LogP contribution in [0.15, 0.2) is 0 Å². The molecule has 4 aliphatic rings. The molecule has 162 valence electrons. The van der Waals surface area contributed by atoms with Gasteiger partial charge < -0.3 is 0 Å². The highest BCUT2D eigenvalue weighted by molar-refractivity contribution is 5.09. The van der Waals surface area contributed by atoms with Crippen LogP contribution in [0.4, 0.5) is 0 Å². The first-order valence-electron chi connectivity index (χ1n) is 13.3. The molecule has 0 heteroatoms. The molecule has 0 amide bonds. The van der Waals surface area contributed by atoms with Gasteiger partial charge in [0, 0.05) is 0 Å². The number of hydrogen-bond acceptors (Lipinski definition) is 0. The van der Waals surface area contributed by atoms with Crippen molar-refractivity contribution in [2.75, 3.05) is 0 Å². The minimum atomic E-state index is 0.670. The molecule has 0 spiro atoms. The minimum Gasteiger partial charge on any atom is -0.0628 e. The summed E-state index contributed by atoms with van der Waals surface area (Å²) in [5.41, 5.74) is 1.36. The van der Waals surface area contributed by atoms with Crippen molar-refractivity contribution in [3.63, 3.8) is 0 Å². The van der Waals surface area contributed by atoms with Gasteiger partial charge in [0.1, 0.15) is 0 Å². The Morgan fingerprint density at radius 2 is 1.50 bits per heavy atom. The summed E-state index contributed by atoms with van der Waals surface area (Å²) in [5, 5.41) is 0. The molecule has 0 nitrogen and oxygen atoms in total. The summed E-state index contributed by atoms with van der Waals surface area (Å²) in [7, 11) is 0. The Labute approximate surface area is 177 Å². The van der Waals surface area contributed by atoms with Crippen LogP contribution in [0.1, 0.15) is 119 Å². The molecule has 0 radical (unpaired) electrons. The average molecular weight is 387 g/mol. The highest BCUT2D eigenvalue weighted by atomic mass is 14.6. The minimum absolute atomic E-state index is 0.670. The van der Waals surface area contributed by atoms with Gasteiger partial charge in [0.25, 0.3) is 0 Å². The number of hydrogen-bond donors (Lipinski definition) is 0. The van der Waals surface area contributed by atoms with Crippen LogP contribution in [0.3, 0.4) is 0 Å². The van der Waals surface area contributed by atoms with Gasteiger partial charge in [-0.3, -0.25) is 0 Å². The van der Waals surface area contributed by atoms with E-state index in [1.807, 2.05) is 0 Å². The smallest absolute Gasteiger partial charge is 0.0264 e. The Balaban J connectivity index is 1.46. The number of fused-ring (bicyclic) bond motifs is 5. The van der Waals surface area contributed by atoms with E-state index in [0.717, 1.165) is 47.3 Å². The van der Waals surface area contributed by atoms with Gasteiger partial charge >= 0.3 is 0 Å². The van der Waals surface area contributed by atoms with E-state index in [0.29, 0.717) is 10.8 Å². The van der Waals surface area contributed by atoms with Crippen molar-refractivity contribution in [3.8, 4) is 0 Å². The molecular formula is C28H50. The van der Waals surface area contributed by atoms with Crippen molar-refractivity contribution < 1.29 is 0 Å². The van der Waals surface area contributed by atoms with Gasteiger partial charge in [-0.1, -0.05) is 67.2 Å². The van der Waals surface area contributed by atoms with E-state index >= 15 is 0 Å². The van der Waals surface area contributed by atoms with E-state index in [-0.39, 0.29) is 0 Å². The Morgan fingerprint density at radius 1 is 0.786 bits per heavy atom. The molecule has 4 fully saturated rings. The molecule has 4 rings (SSSR count). The van der Waals surface area contributed by atoms with E-state index in [4.69, 9.17) is 0 Å². The van der Waals surface area contributed by atoms with Crippen LogP contribution in [-0.2, 0) is 0 Å². The Kier molecular flexibility index (Phi) is 6.01. The zero-order chi connectivity index (χ0) is 20.1. The fourth-order valence-electron chi connectivity index (χ4n) is 9.50. The summed E-state index contributed by atoms with van der Waals surface area (Å²) in [5.74, 6) is 8.08. The molecule has 0 N–H and O–H groups in total. The molecule has 28 heavy (non-hydrogen) atoms. The third-order valence-electron chi connectivity index (χ3n) is 11.1. The van der Waals surface area contributed by atoms with Crippen molar-refractivity contribution in [1.82, 2.24) is 0 Å². The maximum Gasteiger partial charge on any atom is -0.0264 e. The second-order valence-corrected chi connectivity index (χ2v) is 13.1.